The van der Waals surface area contributed by atoms with E-state index in [1.807, 2.05) is 44.4 Å². The first kappa shape index (κ1) is 13.3. The van der Waals surface area contributed by atoms with Gasteiger partial charge in [0, 0.05) is 13.2 Å². The summed E-state index contributed by atoms with van der Waals surface area (Å²) >= 11 is 5.58. The van der Waals surface area contributed by atoms with E-state index in [0.29, 0.717) is 10.7 Å². The van der Waals surface area contributed by atoms with Gasteiger partial charge in [-0.05, 0) is 30.7 Å². The minimum absolute atomic E-state index is 0.618. The molecule has 90 valence electrons. The molecular formula is C13H16ClN3. The fourth-order valence-electron chi connectivity index (χ4n) is 1.09. The number of nitrogens with zero attached hydrogens (tertiary/aromatic N) is 1. The number of nitrogens with one attached hydrogen (secondary N) is 1. The number of hydrogen-bond donors (Lipinski definition) is 2. The van der Waals surface area contributed by atoms with E-state index in [-0.39, 0.29) is 0 Å². The summed E-state index contributed by atoms with van der Waals surface area (Å²) in [6, 6.07) is 11.2. The van der Waals surface area contributed by atoms with Crippen molar-refractivity contribution in [1.29, 1.82) is 0 Å². The highest BCUT2D eigenvalue weighted by Crippen LogP contribution is 2.15. The zero-order valence-corrected chi connectivity index (χ0v) is 10.7. The maximum Gasteiger partial charge on any atom is 0.125 e. The van der Waals surface area contributed by atoms with Gasteiger partial charge in [0.05, 0.1) is 10.7 Å². The lowest BCUT2D eigenvalue weighted by atomic mass is 10.3. The number of hydrogen-bond acceptors (Lipinski definition) is 3. The predicted octanol–water partition coefficient (Wildman–Crippen LogP) is 3.35. The third kappa shape index (κ3) is 4.74. The molecule has 0 aliphatic heterocycles. The molecular weight excluding hydrogens is 234 g/mol. The van der Waals surface area contributed by atoms with Gasteiger partial charge in [0.15, 0.2) is 0 Å². The Morgan fingerprint density at radius 2 is 1.88 bits per heavy atom. The summed E-state index contributed by atoms with van der Waals surface area (Å²) in [5, 5.41) is 3.56. The number of para-hydroxylation sites is 1. The smallest absolute Gasteiger partial charge is 0.125 e. The van der Waals surface area contributed by atoms with Gasteiger partial charge in [0.2, 0.25) is 0 Å². The van der Waals surface area contributed by atoms with Crippen LogP contribution in [0.2, 0.25) is 5.02 Å². The maximum absolute atomic E-state index is 5.58. The van der Waals surface area contributed by atoms with Crippen LogP contribution in [0.15, 0.2) is 42.6 Å². The molecule has 0 atom stereocenters. The molecule has 1 aromatic heterocycles. The van der Waals surface area contributed by atoms with Crippen LogP contribution in [0.1, 0.15) is 5.56 Å². The molecule has 0 saturated heterocycles. The van der Waals surface area contributed by atoms with Gasteiger partial charge in [-0.3, -0.25) is 0 Å². The Morgan fingerprint density at radius 3 is 2.29 bits per heavy atom. The Labute approximate surface area is 107 Å². The SMILES string of the molecule is CNc1ccc(C)cn1.Nc1ccccc1Cl. The fourth-order valence-corrected chi connectivity index (χ4v) is 1.23. The van der Waals surface area contributed by atoms with Gasteiger partial charge in [-0.25, -0.2) is 4.98 Å². The van der Waals surface area contributed by atoms with Crippen LogP contribution in [-0.4, -0.2) is 12.0 Å². The standard InChI is InChI=1S/C7H10N2.C6H6ClN/c1-6-3-4-7(8-2)9-5-6;7-5-3-1-2-4-6(5)8/h3-5H,1-2H3,(H,8,9);1-4H,8H2. The molecule has 0 amide bonds. The van der Waals surface area contributed by atoms with Crippen molar-refractivity contribution in [1.82, 2.24) is 4.98 Å². The third-order valence-electron chi connectivity index (χ3n) is 2.07. The summed E-state index contributed by atoms with van der Waals surface area (Å²) in [5.41, 5.74) is 7.21. The summed E-state index contributed by atoms with van der Waals surface area (Å²) in [6.07, 6.45) is 1.84. The number of rotatable bonds is 1. The molecule has 2 rings (SSSR count). The number of pyridine rings is 1. The molecule has 0 radical (unpaired) electrons. The van der Waals surface area contributed by atoms with Crippen molar-refractivity contribution in [2.75, 3.05) is 18.1 Å². The predicted molar refractivity (Wildman–Crippen MR) is 74.4 cm³/mol. The average Bonchev–Trinajstić information content (AvgIpc) is 2.35. The van der Waals surface area contributed by atoms with Crippen LogP contribution in [0.4, 0.5) is 11.5 Å². The van der Waals surface area contributed by atoms with Crippen LogP contribution in [0.5, 0.6) is 0 Å². The molecule has 1 aromatic carbocycles. The molecule has 0 fully saturated rings. The Hall–Kier alpha value is -1.74. The van der Waals surface area contributed by atoms with Crippen molar-refractivity contribution >= 4 is 23.1 Å². The van der Waals surface area contributed by atoms with Gasteiger partial charge in [-0.1, -0.05) is 29.8 Å². The van der Waals surface area contributed by atoms with Crippen LogP contribution < -0.4 is 11.1 Å². The molecule has 2 aromatic rings. The van der Waals surface area contributed by atoms with Gasteiger partial charge in [0.25, 0.3) is 0 Å². The first-order valence-electron chi connectivity index (χ1n) is 5.24. The van der Waals surface area contributed by atoms with E-state index in [4.69, 9.17) is 17.3 Å². The lowest BCUT2D eigenvalue weighted by molar-refractivity contribution is 1.24. The van der Waals surface area contributed by atoms with Crippen LogP contribution in [0.3, 0.4) is 0 Å². The van der Waals surface area contributed by atoms with Crippen molar-refractivity contribution in [3.63, 3.8) is 0 Å². The summed E-state index contributed by atoms with van der Waals surface area (Å²) < 4.78 is 0. The average molecular weight is 250 g/mol. The fraction of sp³-hybridized carbons (Fsp3) is 0.154. The highest BCUT2D eigenvalue weighted by Gasteiger charge is 1.87. The Bertz CT molecular complexity index is 433. The van der Waals surface area contributed by atoms with E-state index in [1.165, 1.54) is 5.56 Å². The zero-order chi connectivity index (χ0) is 12.7. The summed E-state index contributed by atoms with van der Waals surface area (Å²) in [6.45, 7) is 2.02. The van der Waals surface area contributed by atoms with Crippen LogP contribution in [0.25, 0.3) is 0 Å². The lowest BCUT2D eigenvalue weighted by Gasteiger charge is -1.96. The topological polar surface area (TPSA) is 50.9 Å². The van der Waals surface area contributed by atoms with Gasteiger partial charge in [0.1, 0.15) is 5.82 Å². The summed E-state index contributed by atoms with van der Waals surface area (Å²) in [7, 11) is 1.86. The number of halogens is 1. The van der Waals surface area contributed by atoms with Gasteiger partial charge >= 0.3 is 0 Å². The van der Waals surface area contributed by atoms with Crippen molar-refractivity contribution < 1.29 is 0 Å². The highest BCUT2D eigenvalue weighted by atomic mass is 35.5. The van der Waals surface area contributed by atoms with Crippen molar-refractivity contribution in [2.24, 2.45) is 0 Å². The molecule has 3 N–H and O–H groups in total. The van der Waals surface area contributed by atoms with Gasteiger partial charge < -0.3 is 11.1 Å². The maximum atomic E-state index is 5.58. The molecule has 1 heterocycles. The second-order valence-electron chi connectivity index (χ2n) is 3.49. The molecule has 0 spiro atoms. The minimum Gasteiger partial charge on any atom is -0.398 e. The van der Waals surface area contributed by atoms with E-state index < -0.39 is 0 Å². The van der Waals surface area contributed by atoms with Crippen molar-refractivity contribution in [3.05, 3.63) is 53.2 Å². The quantitative estimate of drug-likeness (QED) is 0.762. The zero-order valence-electron chi connectivity index (χ0n) is 9.94. The number of nitrogen functional groups attached to an aromatic ring is 1. The van der Waals surface area contributed by atoms with Crippen LogP contribution in [0, 0.1) is 6.92 Å². The first-order valence-corrected chi connectivity index (χ1v) is 5.61. The Morgan fingerprint density at radius 1 is 1.18 bits per heavy atom. The lowest BCUT2D eigenvalue weighted by Crippen LogP contribution is -1.90. The third-order valence-corrected chi connectivity index (χ3v) is 2.42. The van der Waals surface area contributed by atoms with E-state index in [9.17, 15) is 0 Å². The Kier molecular flexibility index (Phi) is 5.30. The van der Waals surface area contributed by atoms with Gasteiger partial charge in [-0.15, -0.1) is 0 Å². The van der Waals surface area contributed by atoms with E-state index in [2.05, 4.69) is 10.3 Å². The molecule has 0 bridgehead atoms. The normalized spacial score (nSPS) is 9.12. The number of aryl methyl sites for hydroxylation is 1. The molecule has 4 heteroatoms. The second kappa shape index (κ2) is 6.76. The monoisotopic (exact) mass is 249 g/mol. The first-order chi connectivity index (χ1) is 8.13. The molecule has 0 aliphatic carbocycles. The van der Waals surface area contributed by atoms with E-state index >= 15 is 0 Å². The second-order valence-corrected chi connectivity index (χ2v) is 3.90. The Balaban J connectivity index is 0.000000171. The minimum atomic E-state index is 0.618. The number of benzene rings is 1. The summed E-state index contributed by atoms with van der Waals surface area (Å²) in [4.78, 5) is 4.09. The van der Waals surface area contributed by atoms with Crippen molar-refractivity contribution in [3.8, 4) is 0 Å². The molecule has 3 nitrogen and oxygen atoms in total. The van der Waals surface area contributed by atoms with Crippen LogP contribution in [-0.2, 0) is 0 Å². The largest absolute Gasteiger partial charge is 0.398 e. The van der Waals surface area contributed by atoms with Gasteiger partial charge in [-0.2, -0.15) is 0 Å². The molecule has 0 aliphatic rings. The summed E-state index contributed by atoms with van der Waals surface area (Å²) in [5.74, 6) is 0.917. The van der Waals surface area contributed by atoms with Crippen LogP contribution >= 0.6 is 11.6 Å². The number of nitrogens with two attached hydrogens (primary N) is 1. The number of aromatic nitrogens is 1. The van der Waals surface area contributed by atoms with E-state index in [0.717, 1.165) is 5.82 Å². The van der Waals surface area contributed by atoms with E-state index in [1.54, 1.807) is 12.1 Å². The molecule has 0 saturated carbocycles. The number of anilines is 2. The van der Waals surface area contributed by atoms with Crippen molar-refractivity contribution in [2.45, 2.75) is 6.92 Å². The molecule has 17 heavy (non-hydrogen) atoms. The molecule has 0 unspecified atom stereocenters. The highest BCUT2D eigenvalue weighted by molar-refractivity contribution is 6.33.